The standard InChI is InChI=1S/C34H44O4.C34H40O4/c2*1-8-34(9-2,27-16-14-25(23(3)20-27)15-19-31(36)33(4,5)6)28-17-18-29(30(35)22-28)26-12-10-24(11-13-26)21-32(37)38-7/h10-14,16-18,20,22,31,35-36H,8-9,15,19,21H2,1-7H3;10-14,16-18,20,22,31,35-36H,8-9,21H2,1-7H3. The fourth-order valence-corrected chi connectivity index (χ4v) is 10.2. The van der Waals surface area contributed by atoms with Gasteiger partial charge in [0.2, 0.25) is 0 Å². The van der Waals surface area contributed by atoms with Crippen molar-refractivity contribution in [2.24, 2.45) is 10.8 Å². The van der Waals surface area contributed by atoms with Gasteiger partial charge in [-0.1, -0.05) is 184 Å². The number of ether oxygens (including phenoxy) is 2. The van der Waals surface area contributed by atoms with Gasteiger partial charge in [0.15, 0.2) is 0 Å². The fourth-order valence-electron chi connectivity index (χ4n) is 10.2. The molecule has 404 valence electrons. The minimum absolute atomic E-state index is 0.118. The third-order valence-electron chi connectivity index (χ3n) is 15.7. The normalized spacial score (nSPS) is 12.6. The van der Waals surface area contributed by atoms with E-state index in [2.05, 4.69) is 117 Å². The van der Waals surface area contributed by atoms with E-state index in [1.165, 1.54) is 36.5 Å². The molecule has 6 rings (SSSR count). The fraction of sp³-hybridized carbons (Fsp3) is 0.412. The number of aliphatic hydroxyl groups excluding tert-OH is 2. The Hall–Kier alpha value is -6.66. The highest BCUT2D eigenvalue weighted by Gasteiger charge is 2.34. The average Bonchev–Trinajstić information content (AvgIpc) is 3.39. The van der Waals surface area contributed by atoms with Gasteiger partial charge in [-0.25, -0.2) is 0 Å². The summed E-state index contributed by atoms with van der Waals surface area (Å²) in [5.74, 6) is 6.08. The molecule has 2 unspecified atom stereocenters. The number of methoxy groups -OCH3 is 2. The Morgan fingerprint density at radius 2 is 0.921 bits per heavy atom. The molecule has 6 aromatic carbocycles. The molecule has 0 saturated carbocycles. The van der Waals surface area contributed by atoms with Gasteiger partial charge in [-0.05, 0) is 143 Å². The lowest BCUT2D eigenvalue weighted by Gasteiger charge is -2.34. The number of rotatable bonds is 17. The molecule has 0 heterocycles. The van der Waals surface area contributed by atoms with Crippen molar-refractivity contribution in [3.63, 3.8) is 0 Å². The zero-order valence-corrected chi connectivity index (χ0v) is 47.8. The number of phenolic OH excluding ortho intramolecular Hbond substituents is 2. The Bertz CT molecular complexity index is 2970. The second-order valence-electron chi connectivity index (χ2n) is 22.6. The first-order valence-electron chi connectivity index (χ1n) is 27.0. The lowest BCUT2D eigenvalue weighted by molar-refractivity contribution is -0.140. The van der Waals surface area contributed by atoms with E-state index in [9.17, 15) is 30.0 Å². The van der Waals surface area contributed by atoms with Crippen molar-refractivity contribution in [3.8, 4) is 45.6 Å². The third-order valence-corrected chi connectivity index (χ3v) is 15.7. The first-order valence-corrected chi connectivity index (χ1v) is 27.0. The van der Waals surface area contributed by atoms with Crippen LogP contribution < -0.4 is 0 Å². The number of carbonyl (C=O) groups is 2. The van der Waals surface area contributed by atoms with Crippen LogP contribution in [0.4, 0.5) is 0 Å². The lowest BCUT2D eigenvalue weighted by Crippen LogP contribution is -2.27. The Labute approximate surface area is 454 Å². The molecule has 2 atom stereocenters. The topological polar surface area (TPSA) is 134 Å². The summed E-state index contributed by atoms with van der Waals surface area (Å²) in [6.45, 7) is 25.1. The van der Waals surface area contributed by atoms with Gasteiger partial charge in [-0.15, -0.1) is 0 Å². The highest BCUT2D eigenvalue weighted by molar-refractivity contribution is 5.76. The first-order chi connectivity index (χ1) is 35.9. The molecule has 6 aromatic rings. The summed E-state index contributed by atoms with van der Waals surface area (Å²) in [5.41, 5.74) is 13.2. The highest BCUT2D eigenvalue weighted by atomic mass is 16.5. The summed E-state index contributed by atoms with van der Waals surface area (Å²) >= 11 is 0. The van der Waals surface area contributed by atoms with Crippen LogP contribution in [0.5, 0.6) is 11.5 Å². The van der Waals surface area contributed by atoms with Crippen molar-refractivity contribution in [2.45, 2.75) is 157 Å². The molecule has 0 amide bonds. The number of hydrogen-bond donors (Lipinski definition) is 4. The number of esters is 2. The van der Waals surface area contributed by atoms with Crippen LogP contribution in [0.25, 0.3) is 22.3 Å². The van der Waals surface area contributed by atoms with Crippen molar-refractivity contribution in [3.05, 3.63) is 177 Å². The molecule has 0 bridgehead atoms. The second kappa shape index (κ2) is 25.9. The van der Waals surface area contributed by atoms with Crippen LogP contribution in [0.2, 0.25) is 0 Å². The zero-order valence-electron chi connectivity index (χ0n) is 47.8. The minimum atomic E-state index is -0.697. The van der Waals surface area contributed by atoms with E-state index in [1.807, 2.05) is 99.6 Å². The summed E-state index contributed by atoms with van der Waals surface area (Å²) in [4.78, 5) is 23.1. The molecule has 76 heavy (non-hydrogen) atoms. The second-order valence-corrected chi connectivity index (χ2v) is 22.6. The van der Waals surface area contributed by atoms with Crippen molar-refractivity contribution in [1.29, 1.82) is 0 Å². The van der Waals surface area contributed by atoms with Gasteiger partial charge in [0.25, 0.3) is 0 Å². The predicted octanol–water partition coefficient (Wildman–Crippen LogP) is 14.5. The van der Waals surface area contributed by atoms with Gasteiger partial charge >= 0.3 is 11.9 Å². The summed E-state index contributed by atoms with van der Waals surface area (Å²) in [5, 5.41) is 43.0. The Morgan fingerprint density at radius 1 is 0.526 bits per heavy atom. The van der Waals surface area contributed by atoms with E-state index < -0.39 is 6.10 Å². The molecule has 0 aliphatic rings. The summed E-state index contributed by atoms with van der Waals surface area (Å²) in [6.07, 6.45) is 4.58. The zero-order chi connectivity index (χ0) is 56.2. The van der Waals surface area contributed by atoms with Crippen LogP contribution in [-0.2, 0) is 49.2 Å². The first kappa shape index (κ1) is 60.2. The summed E-state index contributed by atoms with van der Waals surface area (Å²) in [6, 6.07) is 40.3. The number of aromatic hydroxyl groups is 2. The molecule has 0 radical (unpaired) electrons. The van der Waals surface area contributed by atoms with E-state index >= 15 is 0 Å². The van der Waals surface area contributed by atoms with Crippen LogP contribution in [0.3, 0.4) is 0 Å². The van der Waals surface area contributed by atoms with Crippen LogP contribution in [0.15, 0.2) is 121 Å². The maximum atomic E-state index is 11.6. The van der Waals surface area contributed by atoms with Crippen LogP contribution >= 0.6 is 0 Å². The molecular weight excluding hydrogens is 945 g/mol. The van der Waals surface area contributed by atoms with Crippen molar-refractivity contribution in [1.82, 2.24) is 0 Å². The van der Waals surface area contributed by atoms with E-state index in [-0.39, 0.29) is 64.0 Å². The highest BCUT2D eigenvalue weighted by Crippen LogP contribution is 2.45. The molecule has 8 nitrogen and oxygen atoms in total. The van der Waals surface area contributed by atoms with Gasteiger partial charge in [-0.2, -0.15) is 0 Å². The quantitative estimate of drug-likeness (QED) is 0.0524. The minimum Gasteiger partial charge on any atom is -0.507 e. The maximum absolute atomic E-state index is 11.6. The number of benzene rings is 6. The predicted molar refractivity (Wildman–Crippen MR) is 310 cm³/mol. The molecule has 0 aliphatic carbocycles. The monoisotopic (exact) mass is 1030 g/mol. The molecule has 0 spiro atoms. The number of aryl methyl sites for hydroxylation is 3. The molecule has 0 saturated heterocycles. The van der Waals surface area contributed by atoms with E-state index in [0.29, 0.717) is 0 Å². The van der Waals surface area contributed by atoms with Crippen molar-refractivity contribution >= 4 is 11.9 Å². The summed E-state index contributed by atoms with van der Waals surface area (Å²) in [7, 11) is 2.77. The Balaban J connectivity index is 0.000000281. The average molecular weight is 1030 g/mol. The Morgan fingerprint density at radius 3 is 1.28 bits per heavy atom. The third kappa shape index (κ3) is 14.4. The molecule has 4 N–H and O–H groups in total. The van der Waals surface area contributed by atoms with Gasteiger partial charge in [0, 0.05) is 27.5 Å². The van der Waals surface area contributed by atoms with E-state index in [4.69, 9.17) is 9.47 Å². The number of aliphatic hydroxyl groups is 2. The van der Waals surface area contributed by atoms with Crippen LogP contribution in [0, 0.1) is 36.5 Å². The molecule has 8 heteroatoms. The molecule has 0 fully saturated rings. The van der Waals surface area contributed by atoms with Crippen molar-refractivity contribution < 1.29 is 39.5 Å². The van der Waals surface area contributed by atoms with E-state index in [0.717, 1.165) is 94.2 Å². The van der Waals surface area contributed by atoms with Gasteiger partial charge in [0.1, 0.15) is 17.6 Å². The smallest absolute Gasteiger partial charge is 0.309 e. The molecule has 0 aromatic heterocycles. The summed E-state index contributed by atoms with van der Waals surface area (Å²) < 4.78 is 9.49. The van der Waals surface area contributed by atoms with Gasteiger partial charge < -0.3 is 29.9 Å². The number of carbonyl (C=O) groups excluding carboxylic acids is 2. The van der Waals surface area contributed by atoms with Crippen LogP contribution in [-0.4, -0.2) is 58.8 Å². The van der Waals surface area contributed by atoms with Crippen LogP contribution in [0.1, 0.15) is 157 Å². The van der Waals surface area contributed by atoms with E-state index in [1.54, 1.807) is 0 Å². The number of hydrogen-bond acceptors (Lipinski definition) is 8. The van der Waals surface area contributed by atoms with Gasteiger partial charge in [0.05, 0.1) is 33.2 Å². The Kier molecular flexibility index (Phi) is 20.5. The maximum Gasteiger partial charge on any atom is 0.309 e. The van der Waals surface area contributed by atoms with Gasteiger partial charge in [-0.3, -0.25) is 9.59 Å². The van der Waals surface area contributed by atoms with Crippen molar-refractivity contribution in [2.75, 3.05) is 14.2 Å². The molecule has 0 aliphatic heterocycles. The largest absolute Gasteiger partial charge is 0.507 e. The SMILES string of the molecule is CCC(CC)(c1ccc(C#CC(O)C(C)(C)C)c(C)c1)c1ccc(-c2ccc(CC(=O)OC)cc2)c(O)c1.CCC(CC)(c1ccc(CCC(O)C(C)(C)C)c(C)c1)c1ccc(-c2ccc(CC(=O)OC)cc2)c(O)c1. The molecular formula is C68H84O8. The lowest BCUT2D eigenvalue weighted by atomic mass is 9.69. The number of phenols is 2.